The number of rotatable bonds is 8. The van der Waals surface area contributed by atoms with Crippen LogP contribution in [-0.2, 0) is 4.74 Å². The van der Waals surface area contributed by atoms with Gasteiger partial charge in [-0.05, 0) is 24.7 Å². The Morgan fingerprint density at radius 1 is 1.38 bits per heavy atom. The van der Waals surface area contributed by atoms with Gasteiger partial charge in [-0.15, -0.1) is 0 Å². The first-order chi connectivity index (χ1) is 7.60. The number of amides is 1. The molecule has 0 aromatic heterocycles. The van der Waals surface area contributed by atoms with Gasteiger partial charge in [-0.1, -0.05) is 27.2 Å². The van der Waals surface area contributed by atoms with Crippen LogP contribution in [0.5, 0.6) is 0 Å². The van der Waals surface area contributed by atoms with Gasteiger partial charge in [0.05, 0.1) is 6.61 Å². The molecular formula is C12H25NO3. The van der Waals surface area contributed by atoms with E-state index < -0.39 is 0 Å². The molecule has 2 N–H and O–H groups in total. The van der Waals surface area contributed by atoms with E-state index in [9.17, 15) is 4.79 Å². The van der Waals surface area contributed by atoms with Crippen LogP contribution in [0.2, 0.25) is 0 Å². The second kappa shape index (κ2) is 9.46. The van der Waals surface area contributed by atoms with Crippen LogP contribution in [0.1, 0.15) is 40.0 Å². The van der Waals surface area contributed by atoms with E-state index >= 15 is 0 Å². The van der Waals surface area contributed by atoms with Crippen molar-refractivity contribution >= 4 is 6.09 Å². The zero-order valence-electron chi connectivity index (χ0n) is 10.7. The fraction of sp³-hybridized carbons (Fsp3) is 0.917. The highest BCUT2D eigenvalue weighted by Crippen LogP contribution is 2.09. The third-order valence-electron chi connectivity index (χ3n) is 2.32. The Labute approximate surface area is 98.4 Å². The summed E-state index contributed by atoms with van der Waals surface area (Å²) in [7, 11) is 0. The smallest absolute Gasteiger partial charge is 0.407 e. The van der Waals surface area contributed by atoms with E-state index in [0.717, 1.165) is 19.3 Å². The number of alkyl carbamates (subject to hydrolysis) is 1. The van der Waals surface area contributed by atoms with Crippen LogP contribution in [0, 0.1) is 11.8 Å². The van der Waals surface area contributed by atoms with Crippen LogP contribution in [0.4, 0.5) is 4.79 Å². The molecular weight excluding hydrogens is 206 g/mol. The highest BCUT2D eigenvalue weighted by Gasteiger charge is 2.10. The minimum atomic E-state index is -0.354. The molecule has 4 heteroatoms. The molecule has 0 saturated carbocycles. The number of nitrogens with one attached hydrogen (secondary N) is 1. The zero-order valence-corrected chi connectivity index (χ0v) is 10.7. The molecule has 0 rings (SSSR count). The lowest BCUT2D eigenvalue weighted by Crippen LogP contribution is -2.31. The highest BCUT2D eigenvalue weighted by molar-refractivity contribution is 5.67. The van der Waals surface area contributed by atoms with Gasteiger partial charge in [0, 0.05) is 13.2 Å². The molecule has 0 aliphatic carbocycles. The van der Waals surface area contributed by atoms with Crippen molar-refractivity contribution in [3.8, 4) is 0 Å². The van der Waals surface area contributed by atoms with Gasteiger partial charge >= 0.3 is 6.09 Å². The normalized spacial score (nSPS) is 12.6. The van der Waals surface area contributed by atoms with Crippen molar-refractivity contribution in [2.45, 2.75) is 40.0 Å². The standard InChI is InChI=1S/C12H25NO3/c1-4-5-11(6-7-14)8-13-12(15)16-9-10(2)3/h10-11,14H,4-9H2,1-3H3,(H,13,15). The molecule has 0 spiro atoms. The van der Waals surface area contributed by atoms with Crippen LogP contribution < -0.4 is 5.32 Å². The molecule has 0 aliphatic heterocycles. The van der Waals surface area contributed by atoms with Gasteiger partial charge in [-0.25, -0.2) is 4.79 Å². The molecule has 0 radical (unpaired) electrons. The fourth-order valence-corrected chi connectivity index (χ4v) is 1.46. The monoisotopic (exact) mass is 231 g/mol. The predicted octanol–water partition coefficient (Wildman–Crippen LogP) is 2.17. The topological polar surface area (TPSA) is 58.6 Å². The zero-order chi connectivity index (χ0) is 12.4. The second-order valence-electron chi connectivity index (χ2n) is 4.54. The number of aliphatic hydroxyl groups is 1. The summed E-state index contributed by atoms with van der Waals surface area (Å²) in [5, 5.41) is 11.6. The summed E-state index contributed by atoms with van der Waals surface area (Å²) in [6.45, 7) is 7.31. The number of carbonyl (C=O) groups excluding carboxylic acids is 1. The van der Waals surface area contributed by atoms with Crippen molar-refractivity contribution in [3.05, 3.63) is 0 Å². The molecule has 16 heavy (non-hydrogen) atoms. The molecule has 0 saturated heterocycles. The van der Waals surface area contributed by atoms with Crippen LogP contribution in [-0.4, -0.2) is 31.0 Å². The SMILES string of the molecule is CCCC(CCO)CNC(=O)OCC(C)C. The van der Waals surface area contributed by atoms with E-state index in [2.05, 4.69) is 12.2 Å². The maximum atomic E-state index is 11.3. The molecule has 0 aromatic rings. The van der Waals surface area contributed by atoms with Crippen LogP contribution in [0.15, 0.2) is 0 Å². The third-order valence-corrected chi connectivity index (χ3v) is 2.32. The lowest BCUT2D eigenvalue weighted by Gasteiger charge is -2.16. The van der Waals surface area contributed by atoms with Gasteiger partial charge in [0.25, 0.3) is 0 Å². The highest BCUT2D eigenvalue weighted by atomic mass is 16.5. The first-order valence-electron chi connectivity index (χ1n) is 6.11. The first kappa shape index (κ1) is 15.2. The van der Waals surface area contributed by atoms with E-state index in [-0.39, 0.29) is 12.7 Å². The first-order valence-corrected chi connectivity index (χ1v) is 6.11. The molecule has 0 fully saturated rings. The van der Waals surface area contributed by atoms with Crippen LogP contribution in [0.3, 0.4) is 0 Å². The number of ether oxygens (including phenoxy) is 1. The number of hydrogen-bond donors (Lipinski definition) is 2. The van der Waals surface area contributed by atoms with E-state index in [1.807, 2.05) is 13.8 Å². The molecule has 0 heterocycles. The molecule has 1 amide bonds. The van der Waals surface area contributed by atoms with Gasteiger partial charge in [-0.2, -0.15) is 0 Å². The van der Waals surface area contributed by atoms with Crippen molar-refractivity contribution in [1.29, 1.82) is 0 Å². The Balaban J connectivity index is 3.68. The maximum Gasteiger partial charge on any atom is 0.407 e. The van der Waals surface area contributed by atoms with Crippen LogP contribution >= 0.6 is 0 Å². The minimum absolute atomic E-state index is 0.174. The Kier molecular flexibility index (Phi) is 9.00. The largest absolute Gasteiger partial charge is 0.449 e. The fourth-order valence-electron chi connectivity index (χ4n) is 1.46. The number of hydrogen-bond acceptors (Lipinski definition) is 3. The third kappa shape index (κ3) is 8.53. The Morgan fingerprint density at radius 2 is 2.06 bits per heavy atom. The average molecular weight is 231 g/mol. The van der Waals surface area contributed by atoms with Crippen LogP contribution in [0.25, 0.3) is 0 Å². The summed E-state index contributed by atoms with van der Waals surface area (Å²) in [5.41, 5.74) is 0. The van der Waals surface area contributed by atoms with Gasteiger partial charge in [0.15, 0.2) is 0 Å². The lowest BCUT2D eigenvalue weighted by atomic mass is 10.0. The van der Waals surface area contributed by atoms with E-state index in [4.69, 9.17) is 9.84 Å². The van der Waals surface area contributed by atoms with E-state index in [0.29, 0.717) is 25.0 Å². The van der Waals surface area contributed by atoms with Gasteiger partial charge < -0.3 is 15.2 Å². The van der Waals surface area contributed by atoms with Gasteiger partial charge in [0.1, 0.15) is 0 Å². The number of carbonyl (C=O) groups is 1. The molecule has 0 aliphatic rings. The van der Waals surface area contributed by atoms with Gasteiger partial charge in [-0.3, -0.25) is 0 Å². The molecule has 4 nitrogen and oxygen atoms in total. The summed E-state index contributed by atoms with van der Waals surface area (Å²) >= 11 is 0. The molecule has 1 unspecified atom stereocenters. The van der Waals surface area contributed by atoms with Crippen molar-refractivity contribution in [1.82, 2.24) is 5.32 Å². The Morgan fingerprint density at radius 3 is 2.56 bits per heavy atom. The summed E-state index contributed by atoms with van der Waals surface area (Å²) in [6, 6.07) is 0. The second-order valence-corrected chi connectivity index (χ2v) is 4.54. The minimum Gasteiger partial charge on any atom is -0.449 e. The summed E-state index contributed by atoms with van der Waals surface area (Å²) in [6.07, 6.45) is 2.46. The van der Waals surface area contributed by atoms with Crippen molar-refractivity contribution in [2.24, 2.45) is 11.8 Å². The summed E-state index contributed by atoms with van der Waals surface area (Å²) in [5.74, 6) is 0.705. The van der Waals surface area contributed by atoms with Gasteiger partial charge in [0.2, 0.25) is 0 Å². The molecule has 1 atom stereocenters. The van der Waals surface area contributed by atoms with Crippen molar-refractivity contribution in [3.63, 3.8) is 0 Å². The maximum absolute atomic E-state index is 11.3. The quantitative estimate of drug-likeness (QED) is 0.673. The summed E-state index contributed by atoms with van der Waals surface area (Å²) in [4.78, 5) is 11.3. The molecule has 0 aromatic carbocycles. The van der Waals surface area contributed by atoms with Crippen molar-refractivity contribution < 1.29 is 14.6 Å². The van der Waals surface area contributed by atoms with E-state index in [1.165, 1.54) is 0 Å². The Hall–Kier alpha value is -0.770. The van der Waals surface area contributed by atoms with Crippen molar-refractivity contribution in [2.75, 3.05) is 19.8 Å². The molecule has 0 bridgehead atoms. The predicted molar refractivity (Wildman–Crippen MR) is 64.3 cm³/mol. The van der Waals surface area contributed by atoms with E-state index in [1.54, 1.807) is 0 Å². The molecule has 96 valence electrons. The lowest BCUT2D eigenvalue weighted by molar-refractivity contribution is 0.130. The Bertz CT molecular complexity index is 177. The summed E-state index contributed by atoms with van der Waals surface area (Å²) < 4.78 is 5.00. The average Bonchev–Trinajstić information content (AvgIpc) is 2.23. The number of aliphatic hydroxyl groups excluding tert-OH is 1.